The Hall–Kier alpha value is -6.84. The van der Waals surface area contributed by atoms with E-state index in [1.54, 1.807) is 0 Å². The van der Waals surface area contributed by atoms with E-state index >= 15 is 0 Å². The van der Waals surface area contributed by atoms with Crippen LogP contribution < -0.4 is 4.90 Å². The number of nitrogens with zero attached hydrogens (tertiary/aromatic N) is 1. The Morgan fingerprint density at radius 3 is 1.45 bits per heavy atom. The highest BCUT2D eigenvalue weighted by Crippen LogP contribution is 2.45. The van der Waals surface area contributed by atoms with Gasteiger partial charge in [0.15, 0.2) is 0 Å². The minimum Gasteiger partial charge on any atom is -0.456 e. The van der Waals surface area contributed by atoms with Gasteiger partial charge in [-0.15, -0.1) is 0 Å². The molecule has 2 heterocycles. The van der Waals surface area contributed by atoms with Crippen molar-refractivity contribution in [2.45, 2.75) is 0 Å². The van der Waals surface area contributed by atoms with Gasteiger partial charge < -0.3 is 13.7 Å². The summed E-state index contributed by atoms with van der Waals surface area (Å²) in [4.78, 5) is 2.28. The summed E-state index contributed by atoms with van der Waals surface area (Å²) in [6.07, 6.45) is 0. The number of hydrogen-bond acceptors (Lipinski definition) is 3. The average Bonchev–Trinajstić information content (AvgIpc) is 3.78. The van der Waals surface area contributed by atoms with Crippen LogP contribution >= 0.6 is 0 Å². The van der Waals surface area contributed by atoms with E-state index in [-0.39, 0.29) is 0 Å². The quantitative estimate of drug-likeness (QED) is 0.179. The average molecular weight is 654 g/mol. The third-order valence-electron chi connectivity index (χ3n) is 9.87. The van der Waals surface area contributed by atoms with Crippen LogP contribution in [0.5, 0.6) is 0 Å². The molecule has 240 valence electrons. The summed E-state index contributed by atoms with van der Waals surface area (Å²) >= 11 is 0. The molecule has 3 heteroatoms. The Balaban J connectivity index is 1.01. The fourth-order valence-corrected chi connectivity index (χ4v) is 7.45. The first-order valence-electron chi connectivity index (χ1n) is 17.3. The molecule has 0 saturated carbocycles. The number of furan rings is 2. The van der Waals surface area contributed by atoms with E-state index in [0.717, 1.165) is 83.2 Å². The third-order valence-corrected chi connectivity index (χ3v) is 9.87. The summed E-state index contributed by atoms with van der Waals surface area (Å²) in [7, 11) is 0. The predicted octanol–water partition coefficient (Wildman–Crippen LogP) is 14.0. The van der Waals surface area contributed by atoms with Crippen LogP contribution in [-0.2, 0) is 0 Å². The van der Waals surface area contributed by atoms with Crippen LogP contribution in [0.25, 0.3) is 77.3 Å². The second-order valence-electron chi connectivity index (χ2n) is 12.9. The van der Waals surface area contributed by atoms with Crippen LogP contribution in [0.2, 0.25) is 0 Å². The molecule has 0 aliphatic heterocycles. The molecule has 0 aliphatic carbocycles. The van der Waals surface area contributed by atoms with Gasteiger partial charge in [0.25, 0.3) is 0 Å². The molecule has 8 aromatic carbocycles. The molecule has 51 heavy (non-hydrogen) atoms. The summed E-state index contributed by atoms with van der Waals surface area (Å²) in [5.74, 6) is 0. The van der Waals surface area contributed by atoms with Crippen LogP contribution in [0.1, 0.15) is 0 Å². The zero-order chi connectivity index (χ0) is 33.7. The summed E-state index contributed by atoms with van der Waals surface area (Å²) in [5.41, 5.74) is 13.7. The molecule has 0 amide bonds. The molecule has 0 unspecified atom stereocenters. The third kappa shape index (κ3) is 4.98. The molecule has 0 fully saturated rings. The number of hydrogen-bond donors (Lipinski definition) is 0. The van der Waals surface area contributed by atoms with Crippen LogP contribution in [0.3, 0.4) is 0 Å². The molecule has 0 N–H and O–H groups in total. The lowest BCUT2D eigenvalue weighted by Crippen LogP contribution is -2.09. The van der Waals surface area contributed by atoms with Crippen LogP contribution in [0, 0.1) is 0 Å². The van der Waals surface area contributed by atoms with Crippen molar-refractivity contribution in [2.75, 3.05) is 4.90 Å². The Bertz CT molecular complexity index is 2790. The number of para-hydroxylation sites is 4. The fourth-order valence-electron chi connectivity index (χ4n) is 7.45. The zero-order valence-corrected chi connectivity index (χ0v) is 27.7. The molecule has 2 aromatic heterocycles. The van der Waals surface area contributed by atoms with Crippen molar-refractivity contribution in [2.24, 2.45) is 0 Å². The molecule has 0 aliphatic rings. The van der Waals surface area contributed by atoms with Gasteiger partial charge in [-0.05, 0) is 94.0 Å². The molecule has 0 saturated heterocycles. The minimum absolute atomic E-state index is 0.828. The molecular formula is C48H31NO2. The fraction of sp³-hybridized carbons (Fsp3) is 0. The SMILES string of the molecule is c1ccc(N(c2ccccc2)c2ccc(-c3ccc(-c4cccc(-c5cc6oc7ccccc7c6c6oc7ccccc7c56)c4)cc3)cc2)cc1. The standard InChI is InChI=1S/C48H31NO2/c1-3-14-37(15-4-1)49(38-16-5-2-6-17-38)39-28-26-33(27-29-39)32-22-24-34(25-23-32)35-12-11-13-36(30-35)42-31-45-47(41-19-8-9-20-43(41)50-45)48-46(42)40-18-7-10-21-44(40)51-48/h1-31H. The second-order valence-corrected chi connectivity index (χ2v) is 12.9. The largest absolute Gasteiger partial charge is 0.456 e. The van der Waals surface area contributed by atoms with E-state index in [9.17, 15) is 0 Å². The second kappa shape index (κ2) is 11.9. The Kier molecular flexibility index (Phi) is 6.81. The predicted molar refractivity (Wildman–Crippen MR) is 212 cm³/mol. The Morgan fingerprint density at radius 2 is 0.804 bits per heavy atom. The van der Waals surface area contributed by atoms with Crippen LogP contribution in [0.15, 0.2) is 197 Å². The van der Waals surface area contributed by atoms with Gasteiger partial charge in [-0.3, -0.25) is 0 Å². The molecule has 0 radical (unpaired) electrons. The van der Waals surface area contributed by atoms with E-state index in [0.29, 0.717) is 0 Å². The maximum Gasteiger partial charge on any atom is 0.147 e. The van der Waals surface area contributed by atoms with E-state index in [1.807, 2.05) is 24.3 Å². The zero-order valence-electron chi connectivity index (χ0n) is 27.7. The highest BCUT2D eigenvalue weighted by molar-refractivity contribution is 6.26. The topological polar surface area (TPSA) is 29.5 Å². The summed E-state index contributed by atoms with van der Waals surface area (Å²) in [6.45, 7) is 0. The highest BCUT2D eigenvalue weighted by atomic mass is 16.3. The lowest BCUT2D eigenvalue weighted by Gasteiger charge is -2.25. The molecule has 0 spiro atoms. The number of benzene rings is 8. The molecule has 0 atom stereocenters. The maximum atomic E-state index is 6.57. The van der Waals surface area contributed by atoms with Crippen LogP contribution in [0.4, 0.5) is 17.1 Å². The normalized spacial score (nSPS) is 11.5. The van der Waals surface area contributed by atoms with E-state index in [2.05, 4.69) is 169 Å². The van der Waals surface area contributed by atoms with E-state index < -0.39 is 0 Å². The molecular weight excluding hydrogens is 623 g/mol. The molecule has 10 aromatic rings. The number of fused-ring (bicyclic) bond motifs is 7. The molecule has 0 bridgehead atoms. The maximum absolute atomic E-state index is 6.57. The smallest absolute Gasteiger partial charge is 0.147 e. The minimum atomic E-state index is 0.828. The van der Waals surface area contributed by atoms with Gasteiger partial charge in [-0.25, -0.2) is 0 Å². The number of anilines is 3. The van der Waals surface area contributed by atoms with Crippen molar-refractivity contribution in [1.29, 1.82) is 0 Å². The van der Waals surface area contributed by atoms with Gasteiger partial charge >= 0.3 is 0 Å². The highest BCUT2D eigenvalue weighted by Gasteiger charge is 2.21. The summed E-state index contributed by atoms with van der Waals surface area (Å²) in [6, 6.07) is 66.1. The Morgan fingerprint density at radius 1 is 0.314 bits per heavy atom. The van der Waals surface area contributed by atoms with Gasteiger partial charge in [0, 0.05) is 33.2 Å². The van der Waals surface area contributed by atoms with Crippen molar-refractivity contribution >= 4 is 60.9 Å². The first kappa shape index (κ1) is 29.1. The van der Waals surface area contributed by atoms with Crippen molar-refractivity contribution in [3.05, 3.63) is 188 Å². The van der Waals surface area contributed by atoms with Gasteiger partial charge in [-0.1, -0.05) is 127 Å². The molecule has 3 nitrogen and oxygen atoms in total. The van der Waals surface area contributed by atoms with Gasteiger partial charge in [0.2, 0.25) is 0 Å². The summed E-state index contributed by atoms with van der Waals surface area (Å²) < 4.78 is 13.0. The van der Waals surface area contributed by atoms with Gasteiger partial charge in [0.1, 0.15) is 22.3 Å². The Labute approximate surface area is 295 Å². The monoisotopic (exact) mass is 653 g/mol. The van der Waals surface area contributed by atoms with Crippen molar-refractivity contribution in [1.82, 2.24) is 0 Å². The van der Waals surface area contributed by atoms with Gasteiger partial charge in [0.05, 0.1) is 5.39 Å². The number of rotatable bonds is 6. The lowest BCUT2D eigenvalue weighted by atomic mass is 9.94. The van der Waals surface area contributed by atoms with Gasteiger partial charge in [-0.2, -0.15) is 0 Å². The van der Waals surface area contributed by atoms with Crippen molar-refractivity contribution in [3.8, 4) is 33.4 Å². The van der Waals surface area contributed by atoms with Crippen LogP contribution in [-0.4, -0.2) is 0 Å². The summed E-state index contributed by atoms with van der Waals surface area (Å²) in [5, 5.41) is 4.30. The van der Waals surface area contributed by atoms with Crippen molar-refractivity contribution < 1.29 is 8.83 Å². The van der Waals surface area contributed by atoms with Crippen molar-refractivity contribution in [3.63, 3.8) is 0 Å². The first-order chi connectivity index (χ1) is 25.3. The first-order valence-corrected chi connectivity index (χ1v) is 17.3. The molecule has 10 rings (SSSR count). The van der Waals surface area contributed by atoms with E-state index in [1.165, 1.54) is 11.1 Å². The van der Waals surface area contributed by atoms with E-state index in [4.69, 9.17) is 8.83 Å². The lowest BCUT2D eigenvalue weighted by molar-refractivity contribution is 0.663.